The van der Waals surface area contributed by atoms with Crippen LogP contribution in [0.3, 0.4) is 0 Å². The van der Waals surface area contributed by atoms with Crippen molar-refractivity contribution in [2.24, 2.45) is 5.92 Å². The molecule has 1 fully saturated rings. The number of amides is 3. The fourth-order valence-corrected chi connectivity index (χ4v) is 3.19. The first kappa shape index (κ1) is 18.7. The second-order valence-corrected chi connectivity index (χ2v) is 6.32. The smallest absolute Gasteiger partial charge is 0.253 e. The highest BCUT2D eigenvalue weighted by molar-refractivity contribution is 6.13. The van der Waals surface area contributed by atoms with Crippen molar-refractivity contribution in [1.29, 1.82) is 0 Å². The third kappa shape index (κ3) is 5.17. The van der Waals surface area contributed by atoms with Gasteiger partial charge in [-0.25, -0.2) is 0 Å². The Morgan fingerprint density at radius 1 is 1.42 bits per heavy atom. The number of rotatable bonds is 9. The van der Waals surface area contributed by atoms with Crippen LogP contribution in [0.2, 0.25) is 0 Å². The molecule has 1 saturated heterocycles. The molecule has 3 amide bonds. The Labute approximate surface area is 143 Å². The quantitative estimate of drug-likeness (QED) is 0.339. The Morgan fingerprint density at radius 2 is 2.12 bits per heavy atom. The van der Waals surface area contributed by atoms with E-state index in [2.05, 4.69) is 13.2 Å². The molecule has 8 heteroatoms. The summed E-state index contributed by atoms with van der Waals surface area (Å²) in [6.07, 6.45) is 5.63. The number of hydrogen-bond donors (Lipinski definition) is 1. The van der Waals surface area contributed by atoms with E-state index >= 15 is 0 Å². The lowest BCUT2D eigenvalue weighted by molar-refractivity contribution is -0.137. The van der Waals surface area contributed by atoms with E-state index in [1.165, 1.54) is 12.2 Å². The molecule has 132 valence electrons. The summed E-state index contributed by atoms with van der Waals surface area (Å²) in [4.78, 5) is 35.6. The molecule has 2 aliphatic rings. The summed E-state index contributed by atoms with van der Waals surface area (Å²) < 4.78 is 10.9. The van der Waals surface area contributed by atoms with Gasteiger partial charge in [-0.05, 0) is 25.2 Å². The van der Waals surface area contributed by atoms with E-state index in [-0.39, 0.29) is 42.8 Å². The zero-order chi connectivity index (χ0) is 17.5. The van der Waals surface area contributed by atoms with Gasteiger partial charge < -0.3 is 14.8 Å². The number of nitrogens with one attached hydrogen (secondary N) is 1. The van der Waals surface area contributed by atoms with E-state index in [0.29, 0.717) is 19.1 Å². The normalized spacial score (nSPS) is 26.4. The second-order valence-electron chi connectivity index (χ2n) is 6.32. The van der Waals surface area contributed by atoms with E-state index in [9.17, 15) is 14.4 Å². The monoisotopic (exact) mass is 336 g/mol. The van der Waals surface area contributed by atoms with Crippen LogP contribution in [0, 0.1) is 5.92 Å². The Kier molecular flexibility index (Phi) is 6.99. The number of hydrogen-bond acceptors (Lipinski definition) is 5. The highest BCUT2D eigenvalue weighted by Gasteiger charge is 2.31. The first-order valence-electron chi connectivity index (χ1n) is 8.46. The Morgan fingerprint density at radius 3 is 2.79 bits per heavy atom. The average Bonchev–Trinajstić information content (AvgIpc) is 3.05. The van der Waals surface area contributed by atoms with Crippen LogP contribution < -0.4 is 5.32 Å². The maximum absolute atomic E-state index is 11.8. The molecular formula is C16H25BN2O5. The SMILES string of the molecule is B[C@@H]1O[C@H](COC)C[C@@H]1CCCNC(=O)CCN1C(=O)C=CC1=O. The van der Waals surface area contributed by atoms with Gasteiger partial charge in [-0.2, -0.15) is 0 Å². The van der Waals surface area contributed by atoms with Crippen LogP contribution in [-0.2, 0) is 23.9 Å². The van der Waals surface area contributed by atoms with Crippen molar-refractivity contribution < 1.29 is 23.9 Å². The molecule has 0 bridgehead atoms. The van der Waals surface area contributed by atoms with Crippen molar-refractivity contribution >= 4 is 25.6 Å². The maximum atomic E-state index is 11.8. The minimum atomic E-state index is -0.353. The molecule has 24 heavy (non-hydrogen) atoms. The molecule has 0 spiro atoms. The molecular weight excluding hydrogens is 311 g/mol. The molecule has 3 atom stereocenters. The summed E-state index contributed by atoms with van der Waals surface area (Å²) in [5.74, 6) is -0.356. The van der Waals surface area contributed by atoms with Crippen LogP contribution in [0.1, 0.15) is 25.7 Å². The lowest BCUT2D eigenvalue weighted by atomic mass is 9.83. The fourth-order valence-electron chi connectivity index (χ4n) is 3.19. The first-order chi connectivity index (χ1) is 11.5. The van der Waals surface area contributed by atoms with Crippen molar-refractivity contribution in [1.82, 2.24) is 10.2 Å². The third-order valence-corrected chi connectivity index (χ3v) is 4.53. The van der Waals surface area contributed by atoms with Crippen LogP contribution in [0.4, 0.5) is 0 Å². The van der Waals surface area contributed by atoms with Crippen molar-refractivity contribution in [3.8, 4) is 0 Å². The van der Waals surface area contributed by atoms with Crippen molar-refractivity contribution in [2.75, 3.05) is 26.8 Å². The van der Waals surface area contributed by atoms with Gasteiger partial charge in [-0.15, -0.1) is 0 Å². The van der Waals surface area contributed by atoms with E-state index < -0.39 is 0 Å². The molecule has 2 aliphatic heterocycles. The van der Waals surface area contributed by atoms with Gasteiger partial charge in [0.1, 0.15) is 7.85 Å². The molecule has 2 rings (SSSR count). The van der Waals surface area contributed by atoms with E-state index in [1.54, 1.807) is 7.11 Å². The van der Waals surface area contributed by atoms with Crippen LogP contribution in [-0.4, -0.2) is 69.4 Å². The molecule has 0 radical (unpaired) electrons. The molecule has 0 aromatic heterocycles. The van der Waals surface area contributed by atoms with Gasteiger partial charge in [0.15, 0.2) is 0 Å². The van der Waals surface area contributed by atoms with Gasteiger partial charge in [0, 0.05) is 44.8 Å². The van der Waals surface area contributed by atoms with Gasteiger partial charge in [0.2, 0.25) is 5.91 Å². The maximum Gasteiger partial charge on any atom is 0.253 e. The van der Waals surface area contributed by atoms with Crippen molar-refractivity contribution in [2.45, 2.75) is 37.8 Å². The predicted octanol–water partition coefficient (Wildman–Crippen LogP) is -0.791. The number of methoxy groups -OCH3 is 1. The van der Waals surface area contributed by atoms with Crippen molar-refractivity contribution in [3.63, 3.8) is 0 Å². The van der Waals surface area contributed by atoms with Crippen LogP contribution in [0.15, 0.2) is 12.2 Å². The first-order valence-corrected chi connectivity index (χ1v) is 8.46. The number of ether oxygens (including phenoxy) is 2. The number of nitrogens with zero attached hydrogens (tertiary/aromatic N) is 1. The highest BCUT2D eigenvalue weighted by Crippen LogP contribution is 2.28. The molecule has 0 aromatic rings. The molecule has 1 N–H and O–H groups in total. The van der Waals surface area contributed by atoms with Crippen LogP contribution in [0.5, 0.6) is 0 Å². The molecule has 0 aliphatic carbocycles. The summed E-state index contributed by atoms with van der Waals surface area (Å²) in [6, 6.07) is 0.223. The van der Waals surface area contributed by atoms with Crippen LogP contribution in [0.25, 0.3) is 0 Å². The minimum absolute atomic E-state index is 0.128. The van der Waals surface area contributed by atoms with Gasteiger partial charge >= 0.3 is 0 Å². The van der Waals surface area contributed by atoms with Gasteiger partial charge in [-0.3, -0.25) is 19.3 Å². The van der Waals surface area contributed by atoms with Crippen LogP contribution >= 0.6 is 0 Å². The summed E-state index contributed by atoms with van der Waals surface area (Å²) in [6.45, 7) is 1.35. The molecule has 0 aromatic carbocycles. The zero-order valence-electron chi connectivity index (χ0n) is 14.3. The van der Waals surface area contributed by atoms with Gasteiger partial charge in [0.25, 0.3) is 11.8 Å². The van der Waals surface area contributed by atoms with Gasteiger partial charge in [0.05, 0.1) is 12.7 Å². The summed E-state index contributed by atoms with van der Waals surface area (Å²) >= 11 is 0. The fraction of sp³-hybridized carbons (Fsp3) is 0.688. The standard InChI is InChI=1S/C16H25BN2O5/c1-23-10-12-9-11(16(17)24-12)3-2-7-18-13(20)6-8-19-14(21)4-5-15(19)22/h4-5,11-12,16H,2-3,6-10,17H2,1H3,(H,18,20)/t11-,12-,16+/m0/s1. The largest absolute Gasteiger partial charge is 0.382 e. The summed E-state index contributed by atoms with van der Waals surface area (Å²) in [7, 11) is 3.76. The zero-order valence-corrected chi connectivity index (χ0v) is 14.3. The Balaban J connectivity index is 1.56. The minimum Gasteiger partial charge on any atom is -0.382 e. The molecule has 0 unspecified atom stereocenters. The second kappa shape index (κ2) is 8.99. The van der Waals surface area contributed by atoms with E-state index in [4.69, 9.17) is 9.47 Å². The number of carbonyl (C=O) groups is 3. The number of carbonyl (C=O) groups excluding carboxylic acids is 3. The topological polar surface area (TPSA) is 84.9 Å². The molecule has 0 saturated carbocycles. The predicted molar refractivity (Wildman–Crippen MR) is 89.9 cm³/mol. The Bertz CT molecular complexity index is 493. The van der Waals surface area contributed by atoms with Gasteiger partial charge in [-0.1, -0.05) is 0 Å². The summed E-state index contributed by atoms with van der Waals surface area (Å²) in [5, 5.41) is 2.84. The molecule has 7 nitrogen and oxygen atoms in total. The Hall–Kier alpha value is -1.67. The lowest BCUT2D eigenvalue weighted by Crippen LogP contribution is -2.35. The highest BCUT2D eigenvalue weighted by atomic mass is 16.5. The average molecular weight is 336 g/mol. The number of imide groups is 1. The summed E-state index contributed by atoms with van der Waals surface area (Å²) in [5.41, 5.74) is 0. The van der Waals surface area contributed by atoms with E-state index in [1.807, 2.05) is 0 Å². The molecule has 2 heterocycles. The lowest BCUT2D eigenvalue weighted by Gasteiger charge is -2.15. The third-order valence-electron chi connectivity index (χ3n) is 4.53. The van der Waals surface area contributed by atoms with Crippen molar-refractivity contribution in [3.05, 3.63) is 12.2 Å². The van der Waals surface area contributed by atoms with E-state index in [0.717, 1.165) is 24.2 Å².